The summed E-state index contributed by atoms with van der Waals surface area (Å²) in [4.78, 5) is 14.5. The number of hydrogen-bond acceptors (Lipinski definition) is 4. The molecule has 0 spiro atoms. The van der Waals surface area contributed by atoms with Crippen LogP contribution in [-0.4, -0.2) is 16.1 Å². The van der Waals surface area contributed by atoms with Crippen molar-refractivity contribution in [3.8, 4) is 0 Å². The lowest BCUT2D eigenvalue weighted by Gasteiger charge is -2.11. The number of nitrogens with zero attached hydrogens (tertiary/aromatic N) is 1. The number of carboxylic acid groups (broad SMARTS) is 1. The monoisotopic (exact) mass is 366 g/mol. The van der Waals surface area contributed by atoms with Crippen molar-refractivity contribution in [3.05, 3.63) is 39.4 Å². The first-order valence-electron chi connectivity index (χ1n) is 5.09. The number of carbonyl (C=O) groups is 1. The fourth-order valence-electron chi connectivity index (χ4n) is 1.44. The lowest BCUT2D eigenvalue weighted by molar-refractivity contribution is -0.137. The van der Waals surface area contributed by atoms with Gasteiger partial charge in [0, 0.05) is 10.2 Å². The maximum atomic E-state index is 12.7. The second-order valence-electron chi connectivity index (χ2n) is 3.69. The van der Waals surface area contributed by atoms with Crippen LogP contribution in [0.3, 0.4) is 0 Å². The summed E-state index contributed by atoms with van der Waals surface area (Å²) in [5, 5.41) is 11.7. The van der Waals surface area contributed by atoms with Crippen molar-refractivity contribution in [3.63, 3.8) is 0 Å². The highest BCUT2D eigenvalue weighted by molar-refractivity contribution is 9.10. The summed E-state index contributed by atoms with van der Waals surface area (Å²) < 4.78 is 38.3. The van der Waals surface area contributed by atoms with Crippen LogP contribution in [-0.2, 0) is 6.18 Å². The predicted octanol–water partition coefficient (Wildman–Crippen LogP) is 4.37. The molecule has 0 unspecified atom stereocenters. The molecule has 0 atom stereocenters. The molecule has 1 aromatic carbocycles. The van der Waals surface area contributed by atoms with Crippen LogP contribution in [0.5, 0.6) is 0 Å². The number of rotatable bonds is 3. The van der Waals surface area contributed by atoms with Gasteiger partial charge in [-0.15, -0.1) is 11.3 Å². The van der Waals surface area contributed by atoms with E-state index in [1.165, 1.54) is 11.6 Å². The van der Waals surface area contributed by atoms with Crippen molar-refractivity contribution in [1.29, 1.82) is 0 Å². The molecule has 0 radical (unpaired) electrons. The Morgan fingerprint density at radius 1 is 1.35 bits per heavy atom. The molecule has 0 aliphatic heterocycles. The molecular weight excluding hydrogens is 361 g/mol. The van der Waals surface area contributed by atoms with Crippen molar-refractivity contribution in [1.82, 2.24) is 4.98 Å². The van der Waals surface area contributed by atoms with Crippen LogP contribution in [0.25, 0.3) is 0 Å². The smallest absolute Gasteiger partial charge is 0.416 e. The lowest BCUT2D eigenvalue weighted by atomic mass is 10.2. The number of anilines is 2. The number of carboxylic acids is 1. The molecule has 106 valence electrons. The maximum Gasteiger partial charge on any atom is 0.416 e. The SMILES string of the molecule is O=C(O)c1ncsc1Nc1cc(Br)cc(C(F)(F)F)c1. The molecule has 2 aromatic rings. The first-order valence-corrected chi connectivity index (χ1v) is 6.76. The summed E-state index contributed by atoms with van der Waals surface area (Å²) in [6.45, 7) is 0. The molecule has 0 aliphatic carbocycles. The van der Waals surface area contributed by atoms with Gasteiger partial charge in [-0.1, -0.05) is 15.9 Å². The van der Waals surface area contributed by atoms with E-state index in [-0.39, 0.29) is 20.9 Å². The topological polar surface area (TPSA) is 62.2 Å². The van der Waals surface area contributed by atoms with Gasteiger partial charge >= 0.3 is 12.1 Å². The van der Waals surface area contributed by atoms with Crippen molar-refractivity contribution >= 4 is 43.9 Å². The van der Waals surface area contributed by atoms with Crippen LogP contribution < -0.4 is 5.32 Å². The van der Waals surface area contributed by atoms with Gasteiger partial charge in [0.1, 0.15) is 5.00 Å². The summed E-state index contributed by atoms with van der Waals surface area (Å²) in [5.74, 6) is -1.25. The molecule has 0 saturated carbocycles. The predicted molar refractivity (Wildman–Crippen MR) is 71.5 cm³/mol. The zero-order valence-electron chi connectivity index (χ0n) is 9.53. The van der Waals surface area contributed by atoms with E-state index >= 15 is 0 Å². The molecule has 0 bridgehead atoms. The number of benzene rings is 1. The molecule has 0 saturated heterocycles. The van der Waals surface area contributed by atoms with E-state index < -0.39 is 17.7 Å². The van der Waals surface area contributed by atoms with Gasteiger partial charge in [0.25, 0.3) is 0 Å². The van der Waals surface area contributed by atoms with E-state index in [0.29, 0.717) is 0 Å². The Balaban J connectivity index is 2.37. The van der Waals surface area contributed by atoms with Crippen LogP contribution >= 0.6 is 27.3 Å². The third-order valence-corrected chi connectivity index (χ3v) is 3.45. The highest BCUT2D eigenvalue weighted by atomic mass is 79.9. The molecule has 1 heterocycles. The van der Waals surface area contributed by atoms with Gasteiger partial charge < -0.3 is 10.4 Å². The van der Waals surface area contributed by atoms with Gasteiger partial charge in [-0.2, -0.15) is 13.2 Å². The number of nitrogens with one attached hydrogen (secondary N) is 1. The Hall–Kier alpha value is -1.61. The van der Waals surface area contributed by atoms with E-state index in [2.05, 4.69) is 26.2 Å². The van der Waals surface area contributed by atoms with Crippen LogP contribution in [0.2, 0.25) is 0 Å². The summed E-state index contributed by atoms with van der Waals surface area (Å²) in [5.41, 5.74) is 0.354. The Morgan fingerprint density at radius 2 is 2.05 bits per heavy atom. The number of thiazole rings is 1. The highest BCUT2D eigenvalue weighted by Crippen LogP contribution is 2.35. The van der Waals surface area contributed by atoms with E-state index in [1.807, 2.05) is 0 Å². The second kappa shape index (κ2) is 5.41. The molecule has 2 rings (SSSR count). The number of hydrogen-bond donors (Lipinski definition) is 2. The Labute approximate surface area is 123 Å². The third kappa shape index (κ3) is 3.28. The summed E-state index contributed by atoms with van der Waals surface area (Å²) in [6.07, 6.45) is -4.48. The van der Waals surface area contributed by atoms with E-state index in [9.17, 15) is 18.0 Å². The first kappa shape index (κ1) is 14.8. The number of aromatic nitrogens is 1. The van der Waals surface area contributed by atoms with Gasteiger partial charge in [-0.25, -0.2) is 9.78 Å². The molecule has 1 aromatic heterocycles. The van der Waals surface area contributed by atoms with Crippen LogP contribution in [0, 0.1) is 0 Å². The standard InChI is InChI=1S/C11H6BrF3N2O2S/c12-6-1-5(11(13,14)15)2-7(3-6)17-9-8(10(18)19)16-4-20-9/h1-4,17H,(H,18,19). The van der Waals surface area contributed by atoms with Gasteiger partial charge in [0.15, 0.2) is 5.69 Å². The second-order valence-corrected chi connectivity index (χ2v) is 5.46. The molecule has 0 fully saturated rings. The van der Waals surface area contributed by atoms with Crippen molar-refractivity contribution < 1.29 is 23.1 Å². The molecule has 9 heteroatoms. The minimum Gasteiger partial charge on any atom is -0.476 e. The van der Waals surface area contributed by atoms with Gasteiger partial charge in [0.2, 0.25) is 0 Å². The Kier molecular flexibility index (Phi) is 4.00. The van der Waals surface area contributed by atoms with Crippen LogP contribution in [0.4, 0.5) is 23.9 Å². The van der Waals surface area contributed by atoms with Crippen molar-refractivity contribution in [2.75, 3.05) is 5.32 Å². The lowest BCUT2D eigenvalue weighted by Crippen LogP contribution is -2.06. The summed E-state index contributed by atoms with van der Waals surface area (Å²) in [6, 6.07) is 3.26. The maximum absolute atomic E-state index is 12.7. The Morgan fingerprint density at radius 3 is 2.65 bits per heavy atom. The largest absolute Gasteiger partial charge is 0.476 e. The van der Waals surface area contributed by atoms with Crippen LogP contribution in [0.15, 0.2) is 28.2 Å². The fraction of sp³-hybridized carbons (Fsp3) is 0.0909. The summed E-state index contributed by atoms with van der Waals surface area (Å²) >= 11 is 3.98. The van der Waals surface area contributed by atoms with Gasteiger partial charge in [-0.3, -0.25) is 0 Å². The number of aromatic carboxylic acids is 1. The quantitative estimate of drug-likeness (QED) is 0.846. The van der Waals surface area contributed by atoms with Gasteiger partial charge in [0.05, 0.1) is 11.1 Å². The van der Waals surface area contributed by atoms with Gasteiger partial charge in [-0.05, 0) is 18.2 Å². The highest BCUT2D eigenvalue weighted by Gasteiger charge is 2.31. The van der Waals surface area contributed by atoms with Crippen LogP contribution in [0.1, 0.15) is 16.1 Å². The minimum atomic E-state index is -4.48. The molecule has 2 N–H and O–H groups in total. The summed E-state index contributed by atoms with van der Waals surface area (Å²) in [7, 11) is 0. The number of alkyl halides is 3. The zero-order chi connectivity index (χ0) is 14.9. The van der Waals surface area contributed by atoms with Crippen molar-refractivity contribution in [2.45, 2.75) is 6.18 Å². The van der Waals surface area contributed by atoms with E-state index in [4.69, 9.17) is 5.11 Å². The zero-order valence-corrected chi connectivity index (χ0v) is 11.9. The number of halogens is 4. The fourth-order valence-corrected chi connectivity index (χ4v) is 2.63. The molecule has 0 amide bonds. The average Bonchev–Trinajstić information content (AvgIpc) is 2.75. The molecule has 0 aliphatic rings. The van der Waals surface area contributed by atoms with E-state index in [1.54, 1.807) is 0 Å². The third-order valence-electron chi connectivity index (χ3n) is 2.25. The molecule has 4 nitrogen and oxygen atoms in total. The van der Waals surface area contributed by atoms with E-state index in [0.717, 1.165) is 23.5 Å². The first-order chi connectivity index (χ1) is 9.27. The normalized spacial score (nSPS) is 11.4. The average molecular weight is 367 g/mol. The van der Waals surface area contributed by atoms with Crippen molar-refractivity contribution in [2.24, 2.45) is 0 Å². The molecular formula is C11H6BrF3N2O2S. The Bertz CT molecular complexity index is 657. The minimum absolute atomic E-state index is 0.124. The molecule has 20 heavy (non-hydrogen) atoms.